The second-order valence-electron chi connectivity index (χ2n) is 6.74. The quantitative estimate of drug-likeness (QED) is 0.508. The van der Waals surface area contributed by atoms with Crippen LogP contribution in [0.25, 0.3) is 11.1 Å². The van der Waals surface area contributed by atoms with Crippen LogP contribution in [0.15, 0.2) is 61.2 Å². The largest absolute Gasteiger partial charge is 0.416 e. The highest BCUT2D eigenvalue weighted by Crippen LogP contribution is 2.36. The molecule has 0 aliphatic rings. The van der Waals surface area contributed by atoms with Crippen molar-refractivity contribution in [2.75, 3.05) is 7.05 Å². The molecule has 0 unspecified atom stereocenters. The van der Waals surface area contributed by atoms with Crippen LogP contribution in [0.2, 0.25) is 0 Å². The van der Waals surface area contributed by atoms with E-state index in [1.165, 1.54) is 25.6 Å². The van der Waals surface area contributed by atoms with E-state index in [1.54, 1.807) is 24.4 Å². The van der Waals surface area contributed by atoms with Gasteiger partial charge in [0.15, 0.2) is 0 Å². The van der Waals surface area contributed by atoms with Crippen LogP contribution in [-0.2, 0) is 18.9 Å². The first-order chi connectivity index (χ1) is 14.5. The van der Waals surface area contributed by atoms with E-state index in [0.29, 0.717) is 23.3 Å². The maximum Gasteiger partial charge on any atom is 0.416 e. The summed E-state index contributed by atoms with van der Waals surface area (Å²) in [7, 11) is 1.29. The first-order valence-corrected chi connectivity index (χ1v) is 8.85. The first kappa shape index (κ1) is 22.3. The summed E-state index contributed by atoms with van der Waals surface area (Å²) in [4.78, 5) is 21.9. The summed E-state index contributed by atoms with van der Waals surface area (Å²) in [6, 6.07) is 6.20. The average Bonchev–Trinajstić information content (AvgIpc) is 2.72. The Labute approximate surface area is 173 Å². The van der Waals surface area contributed by atoms with Crippen molar-refractivity contribution in [1.82, 2.24) is 14.9 Å². The zero-order valence-corrected chi connectivity index (χ0v) is 16.0. The molecule has 0 bridgehead atoms. The summed E-state index contributed by atoms with van der Waals surface area (Å²) in [6.45, 7) is -0.465. The molecule has 0 fully saturated rings. The van der Waals surface area contributed by atoms with E-state index in [-0.39, 0.29) is 17.2 Å². The van der Waals surface area contributed by atoms with Crippen LogP contribution in [0.3, 0.4) is 0 Å². The summed E-state index contributed by atoms with van der Waals surface area (Å²) < 4.78 is 78.5. The highest BCUT2D eigenvalue weighted by Gasteiger charge is 2.37. The molecule has 1 aromatic carbocycles. The van der Waals surface area contributed by atoms with Crippen molar-refractivity contribution in [2.45, 2.75) is 18.9 Å². The molecule has 2 aromatic heterocycles. The van der Waals surface area contributed by atoms with Crippen LogP contribution in [0, 0.1) is 0 Å². The molecule has 0 aliphatic heterocycles. The number of halogens is 6. The molecule has 162 valence electrons. The van der Waals surface area contributed by atoms with Gasteiger partial charge in [-0.05, 0) is 41.5 Å². The van der Waals surface area contributed by atoms with Gasteiger partial charge in [-0.1, -0.05) is 6.07 Å². The fourth-order valence-electron chi connectivity index (χ4n) is 3.00. The third-order valence-corrected chi connectivity index (χ3v) is 4.44. The fraction of sp³-hybridized carbons (Fsp3) is 0.190. The van der Waals surface area contributed by atoms with Crippen molar-refractivity contribution in [1.29, 1.82) is 0 Å². The fourth-order valence-corrected chi connectivity index (χ4v) is 3.00. The molecule has 0 radical (unpaired) electrons. The lowest BCUT2D eigenvalue weighted by Crippen LogP contribution is -2.27. The number of amides is 1. The Morgan fingerprint density at radius 2 is 1.52 bits per heavy atom. The van der Waals surface area contributed by atoms with Crippen molar-refractivity contribution in [3.63, 3.8) is 0 Å². The summed E-state index contributed by atoms with van der Waals surface area (Å²) in [6.07, 6.45) is -4.11. The van der Waals surface area contributed by atoms with Gasteiger partial charge in [-0.15, -0.1) is 0 Å². The number of benzene rings is 1. The lowest BCUT2D eigenvalue weighted by molar-refractivity contribution is -0.143. The van der Waals surface area contributed by atoms with Gasteiger partial charge in [0, 0.05) is 43.9 Å². The highest BCUT2D eigenvalue weighted by atomic mass is 19.4. The van der Waals surface area contributed by atoms with Gasteiger partial charge in [-0.2, -0.15) is 26.3 Å². The molecule has 0 N–H and O–H groups in total. The molecular formula is C21H15F6N3O. The topological polar surface area (TPSA) is 46.1 Å². The average molecular weight is 439 g/mol. The molecular weight excluding hydrogens is 424 g/mol. The van der Waals surface area contributed by atoms with E-state index in [2.05, 4.69) is 9.97 Å². The monoisotopic (exact) mass is 439 g/mol. The number of carbonyl (C=O) groups excluding carboxylic acids is 1. The molecule has 0 atom stereocenters. The normalized spacial score (nSPS) is 12.0. The van der Waals surface area contributed by atoms with Crippen LogP contribution < -0.4 is 0 Å². The lowest BCUT2D eigenvalue weighted by Gasteiger charge is -2.21. The molecule has 10 heteroatoms. The van der Waals surface area contributed by atoms with E-state index < -0.39 is 35.9 Å². The predicted octanol–water partition coefficient (Wildman–Crippen LogP) is 5.45. The van der Waals surface area contributed by atoms with Gasteiger partial charge in [0.1, 0.15) is 0 Å². The Kier molecular flexibility index (Phi) is 6.01. The van der Waals surface area contributed by atoms with Crippen molar-refractivity contribution in [3.8, 4) is 11.1 Å². The van der Waals surface area contributed by atoms with Gasteiger partial charge in [0.05, 0.1) is 16.7 Å². The van der Waals surface area contributed by atoms with Crippen LogP contribution in [0.1, 0.15) is 27.0 Å². The summed E-state index contributed by atoms with van der Waals surface area (Å²) >= 11 is 0. The summed E-state index contributed by atoms with van der Waals surface area (Å²) in [5.74, 6) is -0.613. The number of hydrogen-bond donors (Lipinski definition) is 0. The number of hydrogen-bond acceptors (Lipinski definition) is 3. The molecule has 0 saturated heterocycles. The van der Waals surface area contributed by atoms with Crippen molar-refractivity contribution in [3.05, 3.63) is 83.4 Å². The van der Waals surface area contributed by atoms with Gasteiger partial charge >= 0.3 is 12.4 Å². The van der Waals surface area contributed by atoms with Crippen molar-refractivity contribution < 1.29 is 31.1 Å². The smallest absolute Gasteiger partial charge is 0.337 e. The van der Waals surface area contributed by atoms with Crippen molar-refractivity contribution in [2.24, 2.45) is 0 Å². The van der Waals surface area contributed by atoms with E-state index in [9.17, 15) is 31.1 Å². The molecule has 4 nitrogen and oxygen atoms in total. The molecule has 3 aromatic rings. The molecule has 3 rings (SSSR count). The molecule has 1 amide bonds. The predicted molar refractivity (Wildman–Crippen MR) is 99.7 cm³/mol. The van der Waals surface area contributed by atoms with E-state index in [4.69, 9.17) is 0 Å². The third kappa shape index (κ3) is 5.19. The Morgan fingerprint density at radius 3 is 2.06 bits per heavy atom. The minimum absolute atomic E-state index is 0.0486. The maximum atomic E-state index is 13.1. The molecule has 0 saturated carbocycles. The van der Waals surface area contributed by atoms with Crippen LogP contribution >= 0.6 is 0 Å². The zero-order valence-electron chi connectivity index (χ0n) is 16.0. The van der Waals surface area contributed by atoms with E-state index in [1.807, 2.05) is 0 Å². The van der Waals surface area contributed by atoms with E-state index >= 15 is 0 Å². The van der Waals surface area contributed by atoms with Crippen LogP contribution in [-0.4, -0.2) is 27.8 Å². The second kappa shape index (κ2) is 8.37. The SMILES string of the molecule is CN(Cc1cc(C(F)(F)F)cc(C(F)(F)F)c1)C(=O)c1cnccc1-c1cccnc1. The Hall–Kier alpha value is -3.43. The highest BCUT2D eigenvalue weighted by molar-refractivity contribution is 6.00. The number of alkyl halides is 6. The molecule has 31 heavy (non-hydrogen) atoms. The minimum Gasteiger partial charge on any atom is -0.337 e. The number of carbonyl (C=O) groups is 1. The van der Waals surface area contributed by atoms with Crippen LogP contribution in [0.4, 0.5) is 26.3 Å². The maximum absolute atomic E-state index is 13.1. The third-order valence-electron chi connectivity index (χ3n) is 4.44. The zero-order chi connectivity index (χ0) is 22.8. The van der Waals surface area contributed by atoms with Gasteiger partial charge in [0.25, 0.3) is 5.91 Å². The van der Waals surface area contributed by atoms with Gasteiger partial charge in [0.2, 0.25) is 0 Å². The molecule has 2 heterocycles. The Balaban J connectivity index is 1.94. The lowest BCUT2D eigenvalue weighted by atomic mass is 10.0. The molecule has 0 spiro atoms. The van der Waals surface area contributed by atoms with Gasteiger partial charge in [-0.25, -0.2) is 0 Å². The van der Waals surface area contributed by atoms with Crippen molar-refractivity contribution >= 4 is 5.91 Å². The summed E-state index contributed by atoms with van der Waals surface area (Å²) in [5.41, 5.74) is -1.93. The summed E-state index contributed by atoms with van der Waals surface area (Å²) in [5, 5.41) is 0. The Morgan fingerprint density at radius 1 is 0.903 bits per heavy atom. The minimum atomic E-state index is -4.96. The standard InChI is InChI=1S/C21H15F6N3O/c1-30(12-13-7-15(20(22,23)24)9-16(8-13)21(25,26)27)19(31)18-11-29-6-4-17(18)14-3-2-5-28-10-14/h2-11H,12H2,1H3. The number of rotatable bonds is 4. The number of pyridine rings is 2. The van der Waals surface area contributed by atoms with Crippen LogP contribution in [0.5, 0.6) is 0 Å². The van der Waals surface area contributed by atoms with Gasteiger partial charge in [-0.3, -0.25) is 14.8 Å². The van der Waals surface area contributed by atoms with E-state index in [0.717, 1.165) is 4.90 Å². The van der Waals surface area contributed by atoms with Gasteiger partial charge < -0.3 is 4.90 Å². The Bertz CT molecular complexity index is 1050. The number of nitrogens with zero attached hydrogens (tertiary/aromatic N) is 3. The molecule has 0 aliphatic carbocycles. The second-order valence-corrected chi connectivity index (χ2v) is 6.74. The first-order valence-electron chi connectivity index (χ1n) is 8.85. The number of aromatic nitrogens is 2.